The normalized spacial score (nSPS) is 23.0. The van der Waals surface area contributed by atoms with E-state index in [4.69, 9.17) is 17.3 Å². The van der Waals surface area contributed by atoms with E-state index >= 15 is 0 Å². The molecule has 1 aliphatic heterocycles. The number of benzene rings is 1. The molecule has 0 amide bonds. The average Bonchev–Trinajstić information content (AvgIpc) is 2.40. The topological polar surface area (TPSA) is 63.4 Å². The van der Waals surface area contributed by atoms with Gasteiger partial charge in [-0.2, -0.15) is 17.5 Å². The highest BCUT2D eigenvalue weighted by Gasteiger charge is 2.40. The summed E-state index contributed by atoms with van der Waals surface area (Å²) in [4.78, 5) is -0.528. The highest BCUT2D eigenvalue weighted by molar-refractivity contribution is 7.89. The Balaban J connectivity index is 2.44. The largest absolute Gasteiger partial charge is 0.416 e. The molecule has 0 aromatic heterocycles. The lowest BCUT2D eigenvalue weighted by molar-refractivity contribution is -0.137. The summed E-state index contributed by atoms with van der Waals surface area (Å²) in [7, 11) is -4.12. The Labute approximate surface area is 138 Å². The van der Waals surface area contributed by atoms with Crippen molar-refractivity contribution in [3.05, 3.63) is 28.8 Å². The Bertz CT molecular complexity index is 704. The predicted molar refractivity (Wildman–Crippen MR) is 81.6 cm³/mol. The number of halogens is 4. The number of hydrogen-bond donors (Lipinski definition) is 1. The van der Waals surface area contributed by atoms with Crippen LogP contribution in [0.5, 0.6) is 0 Å². The summed E-state index contributed by atoms with van der Waals surface area (Å²) in [5, 5.41) is -0.231. The van der Waals surface area contributed by atoms with Gasteiger partial charge in [0.05, 0.1) is 10.6 Å². The van der Waals surface area contributed by atoms with Gasteiger partial charge in [-0.05, 0) is 30.0 Å². The molecule has 1 atom stereocenters. The Morgan fingerprint density at radius 2 is 1.96 bits per heavy atom. The van der Waals surface area contributed by atoms with Gasteiger partial charge >= 0.3 is 6.18 Å². The van der Waals surface area contributed by atoms with E-state index in [0.29, 0.717) is 12.5 Å². The summed E-state index contributed by atoms with van der Waals surface area (Å²) >= 11 is 5.85. The Kier molecular flexibility index (Phi) is 4.76. The number of sulfonamides is 1. The minimum atomic E-state index is -4.64. The number of nitrogens with two attached hydrogens (primary N) is 1. The maximum atomic E-state index is 12.8. The summed E-state index contributed by atoms with van der Waals surface area (Å²) in [6, 6.07) is 2.13. The van der Waals surface area contributed by atoms with Gasteiger partial charge in [0.2, 0.25) is 10.0 Å². The van der Waals surface area contributed by atoms with Gasteiger partial charge < -0.3 is 5.73 Å². The van der Waals surface area contributed by atoms with Crippen LogP contribution in [0.2, 0.25) is 5.02 Å². The first-order chi connectivity index (χ1) is 10.4. The zero-order valence-electron chi connectivity index (χ0n) is 12.7. The Hall–Kier alpha value is -0.830. The summed E-state index contributed by atoms with van der Waals surface area (Å²) in [5.41, 5.74) is 4.45. The average molecular weight is 371 g/mol. The molecule has 1 aromatic rings. The third-order valence-electron chi connectivity index (χ3n) is 4.15. The van der Waals surface area contributed by atoms with Gasteiger partial charge in [-0.15, -0.1) is 0 Å². The Morgan fingerprint density at radius 3 is 2.48 bits per heavy atom. The molecule has 4 nitrogen and oxygen atoms in total. The highest BCUT2D eigenvalue weighted by Crippen LogP contribution is 2.36. The molecule has 2 N–H and O–H groups in total. The van der Waals surface area contributed by atoms with Crippen LogP contribution in [0, 0.1) is 5.41 Å². The fraction of sp³-hybridized carbons (Fsp3) is 0.571. The molecule has 0 radical (unpaired) electrons. The van der Waals surface area contributed by atoms with Gasteiger partial charge in [-0.1, -0.05) is 25.4 Å². The lowest BCUT2D eigenvalue weighted by Crippen LogP contribution is -2.53. The predicted octanol–water partition coefficient (Wildman–Crippen LogP) is 3.11. The van der Waals surface area contributed by atoms with E-state index in [-0.39, 0.29) is 24.2 Å². The lowest BCUT2D eigenvalue weighted by Gasteiger charge is -2.41. The lowest BCUT2D eigenvalue weighted by atomic mass is 9.81. The first kappa shape index (κ1) is 18.5. The SMILES string of the molecule is CC1(C)CN(S(=O)(=O)c2cc(C(F)(F)F)ccc2Cl)CCC1N. The fourth-order valence-corrected chi connectivity index (χ4v) is 4.67. The van der Waals surface area contributed by atoms with E-state index in [2.05, 4.69) is 0 Å². The van der Waals surface area contributed by atoms with Crippen LogP contribution in [0.4, 0.5) is 13.2 Å². The van der Waals surface area contributed by atoms with Gasteiger partial charge in [0.15, 0.2) is 0 Å². The van der Waals surface area contributed by atoms with Gasteiger partial charge in [0.1, 0.15) is 4.90 Å². The quantitative estimate of drug-likeness (QED) is 0.870. The molecule has 1 saturated heterocycles. The number of alkyl halides is 3. The van der Waals surface area contributed by atoms with Crippen molar-refractivity contribution in [1.82, 2.24) is 4.31 Å². The molecule has 23 heavy (non-hydrogen) atoms. The van der Waals surface area contributed by atoms with E-state index in [9.17, 15) is 21.6 Å². The number of hydrogen-bond acceptors (Lipinski definition) is 3. The maximum absolute atomic E-state index is 12.8. The van der Waals surface area contributed by atoms with Crippen molar-refractivity contribution in [2.75, 3.05) is 13.1 Å². The van der Waals surface area contributed by atoms with Gasteiger partial charge in [-0.25, -0.2) is 8.42 Å². The standard InChI is InChI=1S/C14H18ClF3N2O2S/c1-13(2)8-20(6-5-12(13)19)23(21,22)11-7-9(14(16,17)18)3-4-10(11)15/h3-4,7,12H,5-6,8,19H2,1-2H3. The molecule has 1 aliphatic rings. The van der Waals surface area contributed by atoms with E-state index in [1.165, 1.54) is 0 Å². The molecule has 1 fully saturated rings. The van der Waals surface area contributed by atoms with Crippen molar-refractivity contribution in [2.45, 2.75) is 37.4 Å². The van der Waals surface area contributed by atoms with Crippen LogP contribution in [0.15, 0.2) is 23.1 Å². The third kappa shape index (κ3) is 3.65. The van der Waals surface area contributed by atoms with Gasteiger partial charge in [0.25, 0.3) is 0 Å². The van der Waals surface area contributed by atoms with Crippen LogP contribution >= 0.6 is 11.6 Å². The van der Waals surface area contributed by atoms with Crippen molar-refractivity contribution in [2.24, 2.45) is 11.1 Å². The van der Waals surface area contributed by atoms with Crippen LogP contribution in [-0.2, 0) is 16.2 Å². The second-order valence-corrected chi connectivity index (χ2v) is 8.68. The number of rotatable bonds is 2. The third-order valence-corrected chi connectivity index (χ3v) is 6.48. The molecule has 1 unspecified atom stereocenters. The summed E-state index contributed by atoms with van der Waals surface area (Å²) < 4.78 is 65.1. The molecular formula is C14H18ClF3N2O2S. The summed E-state index contributed by atoms with van der Waals surface area (Å²) in [6.45, 7) is 3.93. The van der Waals surface area contributed by atoms with Crippen molar-refractivity contribution in [1.29, 1.82) is 0 Å². The molecule has 0 aliphatic carbocycles. The van der Waals surface area contributed by atoms with Crippen molar-refractivity contribution < 1.29 is 21.6 Å². The maximum Gasteiger partial charge on any atom is 0.416 e. The van der Waals surface area contributed by atoms with Gasteiger partial charge in [0, 0.05) is 19.1 Å². The molecule has 0 saturated carbocycles. The fourth-order valence-electron chi connectivity index (χ4n) is 2.55. The molecule has 9 heteroatoms. The molecule has 2 rings (SSSR count). The van der Waals surface area contributed by atoms with Crippen molar-refractivity contribution >= 4 is 21.6 Å². The summed E-state index contributed by atoms with van der Waals surface area (Å²) in [6.07, 6.45) is -4.21. The zero-order chi connectivity index (χ0) is 17.6. The minimum absolute atomic E-state index is 0.128. The Morgan fingerprint density at radius 1 is 1.35 bits per heavy atom. The van der Waals surface area contributed by atoms with E-state index in [1.807, 2.05) is 13.8 Å². The van der Waals surface area contributed by atoms with Gasteiger partial charge in [-0.3, -0.25) is 0 Å². The minimum Gasteiger partial charge on any atom is -0.327 e. The van der Waals surface area contributed by atoms with Crippen LogP contribution in [0.1, 0.15) is 25.8 Å². The second-order valence-electron chi connectivity index (χ2n) is 6.37. The van der Waals surface area contributed by atoms with Crippen molar-refractivity contribution in [3.63, 3.8) is 0 Å². The highest BCUT2D eigenvalue weighted by atomic mass is 35.5. The van der Waals surface area contributed by atoms with E-state index in [0.717, 1.165) is 16.4 Å². The molecular weight excluding hydrogens is 353 g/mol. The number of piperidine rings is 1. The molecule has 1 heterocycles. The molecule has 130 valence electrons. The first-order valence-electron chi connectivity index (χ1n) is 6.98. The smallest absolute Gasteiger partial charge is 0.327 e. The first-order valence-corrected chi connectivity index (χ1v) is 8.80. The monoisotopic (exact) mass is 370 g/mol. The molecule has 1 aromatic carbocycles. The second kappa shape index (κ2) is 5.91. The van der Waals surface area contributed by atoms with Crippen LogP contribution in [0.25, 0.3) is 0 Å². The number of nitrogens with zero attached hydrogens (tertiary/aromatic N) is 1. The molecule has 0 bridgehead atoms. The van der Waals surface area contributed by atoms with Crippen LogP contribution < -0.4 is 5.73 Å². The zero-order valence-corrected chi connectivity index (χ0v) is 14.3. The van der Waals surface area contributed by atoms with Crippen LogP contribution in [-0.4, -0.2) is 31.9 Å². The van der Waals surface area contributed by atoms with Crippen molar-refractivity contribution in [3.8, 4) is 0 Å². The summed E-state index contributed by atoms with van der Waals surface area (Å²) in [5.74, 6) is 0. The van der Waals surface area contributed by atoms with E-state index < -0.39 is 32.1 Å². The van der Waals surface area contributed by atoms with Crippen LogP contribution in [0.3, 0.4) is 0 Å². The van der Waals surface area contributed by atoms with E-state index in [1.54, 1.807) is 0 Å². The molecule has 0 spiro atoms.